The number of nitrogens with zero attached hydrogens (tertiary/aromatic N) is 2. The van der Waals surface area contributed by atoms with E-state index in [4.69, 9.17) is 4.74 Å². The van der Waals surface area contributed by atoms with Gasteiger partial charge in [-0.1, -0.05) is 18.2 Å². The molecule has 2 aromatic rings. The fourth-order valence-corrected chi connectivity index (χ4v) is 3.43. The number of carbonyl (C=O) groups excluding carboxylic acids is 3. The van der Waals surface area contributed by atoms with Crippen LogP contribution in [-0.4, -0.2) is 54.3 Å². The zero-order valence-corrected chi connectivity index (χ0v) is 17.4. The van der Waals surface area contributed by atoms with Crippen molar-refractivity contribution in [2.45, 2.75) is 26.3 Å². The summed E-state index contributed by atoms with van der Waals surface area (Å²) < 4.78 is 5.15. The van der Waals surface area contributed by atoms with Crippen LogP contribution < -0.4 is 10.1 Å². The lowest BCUT2D eigenvalue weighted by molar-refractivity contribution is -0.128. The molecule has 1 aliphatic rings. The summed E-state index contributed by atoms with van der Waals surface area (Å²) in [6, 6.07) is 14.3. The Labute approximate surface area is 176 Å². The molecule has 1 saturated heterocycles. The maximum atomic E-state index is 12.8. The van der Waals surface area contributed by atoms with Crippen LogP contribution in [0.25, 0.3) is 0 Å². The van der Waals surface area contributed by atoms with Gasteiger partial charge < -0.3 is 19.9 Å². The first kappa shape index (κ1) is 21.4. The first-order valence-electron chi connectivity index (χ1n) is 10.1. The van der Waals surface area contributed by atoms with Crippen molar-refractivity contribution in [3.63, 3.8) is 0 Å². The van der Waals surface area contributed by atoms with Gasteiger partial charge in [0.15, 0.2) is 0 Å². The second-order valence-corrected chi connectivity index (χ2v) is 7.22. The molecule has 1 N–H and O–H groups in total. The van der Waals surface area contributed by atoms with Crippen LogP contribution in [0.2, 0.25) is 0 Å². The molecule has 158 valence electrons. The Balaban J connectivity index is 1.59. The number of likely N-dealkylation sites (N-methyl/N-ethyl adjacent to an activating group) is 1. The van der Waals surface area contributed by atoms with Gasteiger partial charge in [0.1, 0.15) is 12.3 Å². The zero-order chi connectivity index (χ0) is 21.5. The number of rotatable bonds is 8. The van der Waals surface area contributed by atoms with Crippen molar-refractivity contribution in [3.05, 3.63) is 59.7 Å². The Morgan fingerprint density at radius 2 is 1.93 bits per heavy atom. The maximum absolute atomic E-state index is 12.8. The number of anilines is 1. The fourth-order valence-electron chi connectivity index (χ4n) is 3.43. The average Bonchev–Trinajstić information content (AvgIpc) is 3.16. The number of ether oxygens (including phenoxy) is 1. The van der Waals surface area contributed by atoms with Gasteiger partial charge in [-0.05, 0) is 43.2 Å². The Morgan fingerprint density at radius 3 is 2.57 bits per heavy atom. The molecule has 1 heterocycles. The molecule has 7 nitrogen and oxygen atoms in total. The van der Waals surface area contributed by atoms with E-state index in [1.807, 2.05) is 24.0 Å². The van der Waals surface area contributed by atoms with E-state index in [1.165, 1.54) is 4.90 Å². The van der Waals surface area contributed by atoms with Crippen LogP contribution in [0.5, 0.6) is 5.75 Å². The second-order valence-electron chi connectivity index (χ2n) is 7.22. The molecule has 30 heavy (non-hydrogen) atoms. The number of hydrogen-bond donors (Lipinski definition) is 1. The molecule has 0 unspecified atom stereocenters. The predicted octanol–water partition coefficient (Wildman–Crippen LogP) is 2.92. The van der Waals surface area contributed by atoms with E-state index in [0.29, 0.717) is 36.5 Å². The third kappa shape index (κ3) is 5.37. The molecular formula is C23H27N3O4. The predicted molar refractivity (Wildman–Crippen MR) is 114 cm³/mol. The summed E-state index contributed by atoms with van der Waals surface area (Å²) in [5.74, 6) is 0.339. The standard InChI is InChI=1S/C23H27N3O4/c1-3-25(16-21(27)24-19-6-4-7-20(14-19)30-2)23(29)18-11-9-17(10-12-18)15-26-13-5-8-22(26)28/h4,6-7,9-12,14H,3,5,8,13,15-16H2,1-2H3,(H,24,27). The molecule has 7 heteroatoms. The number of benzene rings is 2. The Morgan fingerprint density at radius 1 is 1.17 bits per heavy atom. The van der Waals surface area contributed by atoms with Crippen molar-refractivity contribution in [3.8, 4) is 5.75 Å². The molecule has 3 amide bonds. The minimum Gasteiger partial charge on any atom is -0.497 e. The smallest absolute Gasteiger partial charge is 0.254 e. The topological polar surface area (TPSA) is 79.0 Å². The molecule has 0 radical (unpaired) electrons. The number of nitrogens with one attached hydrogen (secondary N) is 1. The average molecular weight is 409 g/mol. The molecule has 1 fully saturated rings. The Hall–Kier alpha value is -3.35. The van der Waals surface area contributed by atoms with E-state index >= 15 is 0 Å². The highest BCUT2D eigenvalue weighted by atomic mass is 16.5. The van der Waals surface area contributed by atoms with E-state index in [9.17, 15) is 14.4 Å². The fraction of sp³-hybridized carbons (Fsp3) is 0.348. The molecule has 1 aliphatic heterocycles. The third-order valence-corrected chi connectivity index (χ3v) is 5.10. The summed E-state index contributed by atoms with van der Waals surface area (Å²) in [6.45, 7) is 3.55. The molecule has 0 spiro atoms. The van der Waals surface area contributed by atoms with Crippen molar-refractivity contribution < 1.29 is 19.1 Å². The third-order valence-electron chi connectivity index (χ3n) is 5.10. The van der Waals surface area contributed by atoms with Gasteiger partial charge in [0.25, 0.3) is 5.91 Å². The van der Waals surface area contributed by atoms with Gasteiger partial charge in [-0.3, -0.25) is 14.4 Å². The molecule has 3 rings (SSSR count). The summed E-state index contributed by atoms with van der Waals surface area (Å²) in [5.41, 5.74) is 2.12. The van der Waals surface area contributed by atoms with Crippen LogP contribution >= 0.6 is 0 Å². The SMILES string of the molecule is CCN(CC(=O)Nc1cccc(OC)c1)C(=O)c1ccc(CN2CCCC2=O)cc1. The normalized spacial score (nSPS) is 13.3. The van der Waals surface area contributed by atoms with Crippen LogP contribution in [0.15, 0.2) is 48.5 Å². The van der Waals surface area contributed by atoms with Gasteiger partial charge in [0, 0.05) is 43.4 Å². The van der Waals surface area contributed by atoms with Gasteiger partial charge in [0.05, 0.1) is 7.11 Å². The first-order valence-corrected chi connectivity index (χ1v) is 10.1. The van der Waals surface area contributed by atoms with Gasteiger partial charge in [-0.25, -0.2) is 0 Å². The van der Waals surface area contributed by atoms with E-state index in [-0.39, 0.29) is 24.3 Å². The van der Waals surface area contributed by atoms with Crippen LogP contribution in [-0.2, 0) is 16.1 Å². The maximum Gasteiger partial charge on any atom is 0.254 e. The number of likely N-dealkylation sites (tertiary alicyclic amines) is 1. The van der Waals surface area contributed by atoms with Gasteiger partial charge in [-0.15, -0.1) is 0 Å². The molecule has 2 aromatic carbocycles. The van der Waals surface area contributed by atoms with Crippen molar-refractivity contribution in [2.24, 2.45) is 0 Å². The molecule has 0 bridgehead atoms. The lowest BCUT2D eigenvalue weighted by atomic mass is 10.1. The number of hydrogen-bond acceptors (Lipinski definition) is 4. The monoisotopic (exact) mass is 409 g/mol. The van der Waals surface area contributed by atoms with Crippen molar-refractivity contribution in [2.75, 3.05) is 32.1 Å². The molecule has 0 saturated carbocycles. The first-order chi connectivity index (χ1) is 14.5. The van der Waals surface area contributed by atoms with Crippen LogP contribution in [0.1, 0.15) is 35.7 Å². The highest BCUT2D eigenvalue weighted by Crippen LogP contribution is 2.17. The number of carbonyl (C=O) groups is 3. The van der Waals surface area contributed by atoms with E-state index in [2.05, 4.69) is 5.32 Å². The molecule has 0 aromatic heterocycles. The Bertz CT molecular complexity index is 911. The summed E-state index contributed by atoms with van der Waals surface area (Å²) in [6.07, 6.45) is 1.51. The molecule has 0 aliphatic carbocycles. The Kier molecular flexibility index (Phi) is 7.06. The number of amides is 3. The van der Waals surface area contributed by atoms with Crippen LogP contribution in [0.3, 0.4) is 0 Å². The van der Waals surface area contributed by atoms with E-state index in [0.717, 1.165) is 18.5 Å². The second kappa shape index (κ2) is 9.91. The highest BCUT2D eigenvalue weighted by molar-refractivity contribution is 5.99. The zero-order valence-electron chi connectivity index (χ0n) is 17.4. The van der Waals surface area contributed by atoms with Gasteiger partial charge >= 0.3 is 0 Å². The minimum atomic E-state index is -0.275. The van der Waals surface area contributed by atoms with Crippen molar-refractivity contribution >= 4 is 23.4 Å². The van der Waals surface area contributed by atoms with Gasteiger partial charge in [-0.2, -0.15) is 0 Å². The summed E-state index contributed by atoms with van der Waals surface area (Å²) in [4.78, 5) is 40.3. The van der Waals surface area contributed by atoms with E-state index < -0.39 is 0 Å². The minimum absolute atomic E-state index is 0.0451. The van der Waals surface area contributed by atoms with Crippen LogP contribution in [0, 0.1) is 0 Å². The van der Waals surface area contributed by atoms with Crippen molar-refractivity contribution in [1.29, 1.82) is 0 Å². The lowest BCUT2D eigenvalue weighted by Crippen LogP contribution is -2.37. The van der Waals surface area contributed by atoms with Gasteiger partial charge in [0.2, 0.25) is 11.8 Å². The highest BCUT2D eigenvalue weighted by Gasteiger charge is 2.21. The summed E-state index contributed by atoms with van der Waals surface area (Å²) >= 11 is 0. The quantitative estimate of drug-likeness (QED) is 0.727. The molecule has 0 atom stereocenters. The largest absolute Gasteiger partial charge is 0.497 e. The van der Waals surface area contributed by atoms with Crippen molar-refractivity contribution in [1.82, 2.24) is 9.80 Å². The lowest BCUT2D eigenvalue weighted by Gasteiger charge is -2.21. The van der Waals surface area contributed by atoms with Crippen LogP contribution in [0.4, 0.5) is 5.69 Å². The molecular weight excluding hydrogens is 382 g/mol. The number of methoxy groups -OCH3 is 1. The summed E-state index contributed by atoms with van der Waals surface area (Å²) in [5, 5.41) is 2.79. The van der Waals surface area contributed by atoms with E-state index in [1.54, 1.807) is 43.5 Å². The summed E-state index contributed by atoms with van der Waals surface area (Å²) in [7, 11) is 1.56.